The van der Waals surface area contributed by atoms with Crippen molar-refractivity contribution in [3.05, 3.63) is 21.5 Å². The van der Waals surface area contributed by atoms with E-state index in [-0.39, 0.29) is 40.3 Å². The van der Waals surface area contributed by atoms with E-state index in [4.69, 9.17) is 15.2 Å². The van der Waals surface area contributed by atoms with Gasteiger partial charge in [0.25, 0.3) is 5.91 Å². The molecule has 2 rings (SSSR count). The molecule has 2 amide bonds. The molecule has 0 aliphatic carbocycles. The number of thioether (sulfide) groups is 1. The highest BCUT2D eigenvalue weighted by Gasteiger charge is 2.25. The number of rotatable bonds is 9. The number of nitrogens with zero attached hydrogens (tertiary/aromatic N) is 2. The van der Waals surface area contributed by atoms with E-state index >= 15 is 0 Å². The summed E-state index contributed by atoms with van der Waals surface area (Å²) in [6.45, 7) is 1.86. The van der Waals surface area contributed by atoms with Crippen molar-refractivity contribution in [1.29, 1.82) is 0 Å². The number of thiophene rings is 1. The maximum absolute atomic E-state index is 12.3. The van der Waals surface area contributed by atoms with Crippen LogP contribution in [0, 0.1) is 6.92 Å². The molecule has 0 fully saturated rings. The highest BCUT2D eigenvalue weighted by molar-refractivity contribution is 8.01. The number of primary amides is 1. The molecule has 0 saturated carbocycles. The van der Waals surface area contributed by atoms with Crippen molar-refractivity contribution in [2.24, 2.45) is 5.73 Å². The second-order valence-corrected chi connectivity index (χ2v) is 7.87. The van der Waals surface area contributed by atoms with Crippen LogP contribution in [-0.4, -0.2) is 54.1 Å². The van der Waals surface area contributed by atoms with E-state index in [9.17, 15) is 14.4 Å². The second-order valence-electron chi connectivity index (χ2n) is 4.79. The first kappa shape index (κ1) is 20.3. The molecule has 0 spiro atoms. The normalized spacial score (nSPS) is 10.5. The number of anilines is 1. The number of carbonyl (C=O) groups excluding carboxylic acids is 3. The molecule has 0 radical (unpaired) electrons. The summed E-state index contributed by atoms with van der Waals surface area (Å²) in [6, 6.07) is 0. The Kier molecular flexibility index (Phi) is 7.50. The minimum absolute atomic E-state index is 0.0524. The van der Waals surface area contributed by atoms with Gasteiger partial charge in [0.1, 0.15) is 17.1 Å². The molecule has 0 atom stereocenters. The lowest BCUT2D eigenvalue weighted by molar-refractivity contribution is -0.113. The second kappa shape index (κ2) is 9.62. The molecule has 0 saturated heterocycles. The van der Waals surface area contributed by atoms with Crippen LogP contribution >= 0.6 is 34.4 Å². The van der Waals surface area contributed by atoms with Gasteiger partial charge >= 0.3 is 5.97 Å². The predicted molar refractivity (Wildman–Crippen MR) is 99.0 cm³/mol. The zero-order valence-electron chi connectivity index (χ0n) is 13.9. The van der Waals surface area contributed by atoms with Crippen LogP contribution in [0.4, 0.5) is 5.00 Å². The van der Waals surface area contributed by atoms with E-state index in [1.807, 2.05) is 0 Å². The van der Waals surface area contributed by atoms with Gasteiger partial charge in [0.2, 0.25) is 5.91 Å². The molecule has 0 bridgehead atoms. The first-order valence-corrected chi connectivity index (χ1v) is 9.90. The fourth-order valence-corrected chi connectivity index (χ4v) is 4.24. The van der Waals surface area contributed by atoms with E-state index in [0.29, 0.717) is 9.90 Å². The topological polar surface area (TPSA) is 134 Å². The Morgan fingerprint density at radius 1 is 1.35 bits per heavy atom. The van der Waals surface area contributed by atoms with Crippen molar-refractivity contribution in [2.45, 2.75) is 11.3 Å². The molecule has 26 heavy (non-hydrogen) atoms. The Morgan fingerprint density at radius 2 is 2.12 bits per heavy atom. The third kappa shape index (κ3) is 5.24. The minimum atomic E-state index is -0.679. The maximum Gasteiger partial charge on any atom is 0.341 e. The van der Waals surface area contributed by atoms with Crippen LogP contribution in [0.15, 0.2) is 9.85 Å². The summed E-state index contributed by atoms with van der Waals surface area (Å²) < 4.78 is 10.6. The predicted octanol–water partition coefficient (Wildman–Crippen LogP) is 1.54. The lowest BCUT2D eigenvalue weighted by atomic mass is 10.1. The summed E-state index contributed by atoms with van der Waals surface area (Å²) >= 11 is 3.47. The molecule has 0 aliphatic rings. The first-order chi connectivity index (χ1) is 12.4. The van der Waals surface area contributed by atoms with Crippen molar-refractivity contribution < 1.29 is 23.9 Å². The molecule has 12 heteroatoms. The summed E-state index contributed by atoms with van der Waals surface area (Å²) in [7, 11) is 1.48. The fraction of sp³-hybridized carbons (Fsp3) is 0.357. The van der Waals surface area contributed by atoms with Crippen LogP contribution in [-0.2, 0) is 14.3 Å². The number of carbonyl (C=O) groups is 3. The Labute approximate surface area is 161 Å². The molecule has 0 aromatic carbocycles. The van der Waals surface area contributed by atoms with Crippen LogP contribution < -0.4 is 11.1 Å². The van der Waals surface area contributed by atoms with E-state index in [0.717, 1.165) is 11.3 Å². The highest BCUT2D eigenvalue weighted by Crippen LogP contribution is 2.33. The molecule has 2 aromatic heterocycles. The number of hydrogen-bond acceptors (Lipinski definition) is 10. The molecular formula is C14H16N4O5S3. The summed E-state index contributed by atoms with van der Waals surface area (Å²) in [5, 5.41) is 10.4. The van der Waals surface area contributed by atoms with Gasteiger partial charge in [-0.1, -0.05) is 23.1 Å². The van der Waals surface area contributed by atoms with Gasteiger partial charge in [-0.05, 0) is 12.5 Å². The quantitative estimate of drug-likeness (QED) is 0.357. The number of hydrogen-bond donors (Lipinski definition) is 2. The van der Waals surface area contributed by atoms with E-state index in [1.165, 1.54) is 30.2 Å². The van der Waals surface area contributed by atoms with Gasteiger partial charge in [0.15, 0.2) is 4.34 Å². The molecule has 2 aromatic rings. The Morgan fingerprint density at radius 3 is 2.73 bits per heavy atom. The number of amides is 2. The van der Waals surface area contributed by atoms with Gasteiger partial charge in [0, 0.05) is 7.11 Å². The SMILES string of the molecule is COCCOC(=O)c1c(NC(=O)CSc2nncs2)sc(C(N)=O)c1C. The average Bonchev–Trinajstić information content (AvgIpc) is 3.21. The number of nitrogens with two attached hydrogens (primary N) is 1. The van der Waals surface area contributed by atoms with Gasteiger partial charge in [-0.25, -0.2) is 4.79 Å². The van der Waals surface area contributed by atoms with Crippen molar-refractivity contribution in [3.63, 3.8) is 0 Å². The number of methoxy groups -OCH3 is 1. The first-order valence-electron chi connectivity index (χ1n) is 7.22. The van der Waals surface area contributed by atoms with Gasteiger partial charge < -0.3 is 20.5 Å². The minimum Gasteiger partial charge on any atom is -0.460 e. The third-order valence-electron chi connectivity index (χ3n) is 3.02. The molecule has 0 unspecified atom stereocenters. The lowest BCUT2D eigenvalue weighted by Crippen LogP contribution is -2.17. The standard InChI is InChI=1S/C14H16N4O5S3/c1-7-9(13(21)23-4-3-22-2)12(26-10(7)11(15)20)17-8(19)5-24-14-18-16-6-25-14/h6H,3-5H2,1-2H3,(H2,15,20)(H,17,19). The Balaban J connectivity index is 2.14. The van der Waals surface area contributed by atoms with Crippen molar-refractivity contribution in [2.75, 3.05) is 31.4 Å². The largest absolute Gasteiger partial charge is 0.460 e. The van der Waals surface area contributed by atoms with Gasteiger partial charge in [-0.15, -0.1) is 21.5 Å². The third-order valence-corrected chi connectivity index (χ3v) is 6.10. The monoisotopic (exact) mass is 416 g/mol. The smallest absolute Gasteiger partial charge is 0.341 e. The lowest BCUT2D eigenvalue weighted by Gasteiger charge is -2.07. The van der Waals surface area contributed by atoms with E-state index in [1.54, 1.807) is 12.4 Å². The van der Waals surface area contributed by atoms with Gasteiger partial charge in [0.05, 0.1) is 22.8 Å². The van der Waals surface area contributed by atoms with E-state index < -0.39 is 11.9 Å². The van der Waals surface area contributed by atoms with Crippen LogP contribution in [0.25, 0.3) is 0 Å². The molecule has 9 nitrogen and oxygen atoms in total. The Hall–Kier alpha value is -2.02. The average molecular weight is 417 g/mol. The number of nitrogens with one attached hydrogen (secondary N) is 1. The van der Waals surface area contributed by atoms with Crippen molar-refractivity contribution in [1.82, 2.24) is 10.2 Å². The van der Waals surface area contributed by atoms with E-state index in [2.05, 4.69) is 15.5 Å². The highest BCUT2D eigenvalue weighted by atomic mass is 32.2. The van der Waals surface area contributed by atoms with Crippen LogP contribution in [0.5, 0.6) is 0 Å². The molecule has 140 valence electrons. The molecule has 3 N–H and O–H groups in total. The fourth-order valence-electron chi connectivity index (χ4n) is 1.89. The van der Waals surface area contributed by atoms with Crippen LogP contribution in [0.2, 0.25) is 0 Å². The van der Waals surface area contributed by atoms with Crippen molar-refractivity contribution >= 4 is 57.2 Å². The molecular weight excluding hydrogens is 400 g/mol. The summed E-state index contributed by atoms with van der Waals surface area (Å²) in [4.78, 5) is 36.3. The zero-order chi connectivity index (χ0) is 19.1. The number of aromatic nitrogens is 2. The van der Waals surface area contributed by atoms with Gasteiger partial charge in [-0.3, -0.25) is 9.59 Å². The number of esters is 1. The molecule has 0 aliphatic heterocycles. The summed E-state index contributed by atoms with van der Waals surface area (Å²) in [5.41, 5.74) is 7.40. The Bertz CT molecular complexity index is 791. The van der Waals surface area contributed by atoms with Gasteiger partial charge in [-0.2, -0.15) is 0 Å². The number of ether oxygens (including phenoxy) is 2. The van der Waals surface area contributed by atoms with Crippen LogP contribution in [0.1, 0.15) is 25.6 Å². The maximum atomic E-state index is 12.3. The summed E-state index contributed by atoms with van der Waals surface area (Å²) in [5.74, 6) is -1.61. The molecule has 2 heterocycles. The van der Waals surface area contributed by atoms with Crippen molar-refractivity contribution in [3.8, 4) is 0 Å². The summed E-state index contributed by atoms with van der Waals surface area (Å²) in [6.07, 6.45) is 0. The van der Waals surface area contributed by atoms with Crippen LogP contribution in [0.3, 0.4) is 0 Å². The zero-order valence-corrected chi connectivity index (χ0v) is 16.4.